The highest BCUT2D eigenvalue weighted by atomic mass is 32.1. The largest absolute Gasteiger partial charge is 0.335 e. The summed E-state index contributed by atoms with van der Waals surface area (Å²) in [5.41, 5.74) is 0. The molecule has 1 N–H and O–H groups in total. The van der Waals surface area contributed by atoms with Gasteiger partial charge in [0.2, 0.25) is 0 Å². The summed E-state index contributed by atoms with van der Waals surface area (Å²) in [6.07, 6.45) is 0.907. The predicted molar refractivity (Wildman–Crippen MR) is 68.9 cm³/mol. The maximum Gasteiger partial charge on any atom is 0.317 e. The molecular formula is C12H20N2OS. The summed E-state index contributed by atoms with van der Waals surface area (Å²) >= 11 is 1.73. The number of rotatable bonds is 5. The quantitative estimate of drug-likeness (QED) is 0.843. The number of urea groups is 1. The van der Waals surface area contributed by atoms with Crippen LogP contribution in [0.5, 0.6) is 0 Å². The molecule has 1 heterocycles. The molecule has 1 atom stereocenters. The van der Waals surface area contributed by atoms with Gasteiger partial charge in [-0.3, -0.25) is 0 Å². The summed E-state index contributed by atoms with van der Waals surface area (Å²) in [4.78, 5) is 14.9. The van der Waals surface area contributed by atoms with E-state index in [0.29, 0.717) is 0 Å². The lowest BCUT2D eigenvalue weighted by Crippen LogP contribution is -2.44. The van der Waals surface area contributed by atoms with E-state index in [-0.39, 0.29) is 12.1 Å². The Morgan fingerprint density at radius 3 is 2.69 bits per heavy atom. The zero-order valence-corrected chi connectivity index (χ0v) is 11.0. The van der Waals surface area contributed by atoms with Crippen molar-refractivity contribution in [3.63, 3.8) is 0 Å². The van der Waals surface area contributed by atoms with Crippen LogP contribution in [0.15, 0.2) is 17.5 Å². The minimum Gasteiger partial charge on any atom is -0.335 e. The molecule has 0 aliphatic heterocycles. The molecule has 0 aromatic carbocycles. The third-order valence-electron chi connectivity index (χ3n) is 2.51. The summed E-state index contributed by atoms with van der Waals surface area (Å²) in [5.74, 6) is 0. The Morgan fingerprint density at radius 1 is 1.50 bits per heavy atom. The molecule has 1 rings (SSSR count). The van der Waals surface area contributed by atoms with Gasteiger partial charge in [0.25, 0.3) is 0 Å². The second-order valence-corrected chi connectivity index (χ2v) is 4.84. The normalized spacial score (nSPS) is 12.2. The molecule has 2 amide bonds. The van der Waals surface area contributed by atoms with Crippen LogP contribution in [0.4, 0.5) is 4.79 Å². The maximum absolute atomic E-state index is 11.8. The van der Waals surface area contributed by atoms with Crippen LogP contribution >= 0.6 is 11.3 Å². The zero-order chi connectivity index (χ0) is 12.0. The highest BCUT2D eigenvalue weighted by Crippen LogP contribution is 2.11. The van der Waals surface area contributed by atoms with E-state index in [1.54, 1.807) is 16.2 Å². The molecule has 0 bridgehead atoms. The van der Waals surface area contributed by atoms with E-state index in [4.69, 9.17) is 0 Å². The molecule has 0 radical (unpaired) electrons. The summed E-state index contributed by atoms with van der Waals surface area (Å²) in [6.45, 7) is 7.54. The molecule has 0 saturated heterocycles. The molecule has 16 heavy (non-hydrogen) atoms. The van der Waals surface area contributed by atoms with E-state index in [2.05, 4.69) is 16.8 Å². The van der Waals surface area contributed by atoms with Crippen LogP contribution in [0.3, 0.4) is 0 Å². The van der Waals surface area contributed by atoms with Gasteiger partial charge in [-0.05, 0) is 32.2 Å². The van der Waals surface area contributed by atoms with Crippen LogP contribution in [0.25, 0.3) is 0 Å². The van der Waals surface area contributed by atoms with Gasteiger partial charge in [0.15, 0.2) is 0 Å². The Labute approximate surface area is 101 Å². The van der Waals surface area contributed by atoms with Gasteiger partial charge in [0, 0.05) is 30.4 Å². The Kier molecular flexibility index (Phi) is 5.32. The summed E-state index contributed by atoms with van der Waals surface area (Å²) < 4.78 is 0. The number of nitrogens with zero attached hydrogens (tertiary/aromatic N) is 1. The second kappa shape index (κ2) is 6.53. The molecule has 0 saturated carbocycles. The molecular weight excluding hydrogens is 220 g/mol. The average Bonchev–Trinajstić information content (AvgIpc) is 2.71. The van der Waals surface area contributed by atoms with Gasteiger partial charge < -0.3 is 10.2 Å². The fraction of sp³-hybridized carbons (Fsp3) is 0.583. The van der Waals surface area contributed by atoms with E-state index in [0.717, 1.165) is 19.5 Å². The molecule has 3 nitrogen and oxygen atoms in total. The number of amides is 2. The third kappa shape index (κ3) is 3.85. The van der Waals surface area contributed by atoms with E-state index < -0.39 is 0 Å². The monoisotopic (exact) mass is 240 g/mol. The summed E-state index contributed by atoms with van der Waals surface area (Å²) in [7, 11) is 0. The smallest absolute Gasteiger partial charge is 0.317 e. The molecule has 4 heteroatoms. The highest BCUT2D eigenvalue weighted by Gasteiger charge is 2.12. The number of carbonyl (C=O) groups is 1. The Hall–Kier alpha value is -1.03. The zero-order valence-electron chi connectivity index (χ0n) is 10.2. The van der Waals surface area contributed by atoms with Crippen LogP contribution in [0.2, 0.25) is 0 Å². The fourth-order valence-corrected chi connectivity index (χ4v) is 2.43. The molecule has 0 fully saturated rings. The lowest BCUT2D eigenvalue weighted by molar-refractivity contribution is 0.200. The van der Waals surface area contributed by atoms with E-state index in [1.807, 2.05) is 26.8 Å². The molecule has 1 aromatic rings. The van der Waals surface area contributed by atoms with Crippen molar-refractivity contribution in [1.82, 2.24) is 10.2 Å². The second-order valence-electron chi connectivity index (χ2n) is 3.81. The van der Waals surface area contributed by atoms with E-state index >= 15 is 0 Å². The topological polar surface area (TPSA) is 32.3 Å². The van der Waals surface area contributed by atoms with Crippen molar-refractivity contribution < 1.29 is 4.79 Å². The summed E-state index contributed by atoms with van der Waals surface area (Å²) in [5, 5.41) is 5.08. The van der Waals surface area contributed by atoms with Crippen molar-refractivity contribution in [3.8, 4) is 0 Å². The van der Waals surface area contributed by atoms with Crippen molar-refractivity contribution in [2.75, 3.05) is 13.1 Å². The summed E-state index contributed by atoms with van der Waals surface area (Å²) in [6, 6.07) is 4.37. The van der Waals surface area contributed by atoms with Crippen molar-refractivity contribution in [3.05, 3.63) is 22.4 Å². The Morgan fingerprint density at radius 2 is 2.19 bits per heavy atom. The number of thiophene rings is 1. The average molecular weight is 240 g/mol. The van der Waals surface area contributed by atoms with E-state index in [9.17, 15) is 4.79 Å². The third-order valence-corrected chi connectivity index (χ3v) is 3.41. The number of carbonyl (C=O) groups excluding carboxylic acids is 1. The first-order chi connectivity index (χ1) is 7.67. The lowest BCUT2D eigenvalue weighted by Gasteiger charge is -2.22. The standard InChI is InChI=1S/C12H20N2OS/c1-4-14(5-2)12(15)13-10(3)9-11-7-6-8-16-11/h6-8,10H,4-5,9H2,1-3H3,(H,13,15). The molecule has 1 aromatic heterocycles. The Bertz CT molecular complexity index is 307. The lowest BCUT2D eigenvalue weighted by atomic mass is 10.2. The highest BCUT2D eigenvalue weighted by molar-refractivity contribution is 7.09. The number of nitrogens with one attached hydrogen (secondary N) is 1. The SMILES string of the molecule is CCN(CC)C(=O)NC(C)Cc1cccs1. The minimum absolute atomic E-state index is 0.0362. The first kappa shape index (κ1) is 13.0. The van der Waals surface area contributed by atoms with Gasteiger partial charge in [-0.1, -0.05) is 6.07 Å². The van der Waals surface area contributed by atoms with Gasteiger partial charge in [0.1, 0.15) is 0 Å². The molecule has 1 unspecified atom stereocenters. The van der Waals surface area contributed by atoms with E-state index in [1.165, 1.54) is 4.88 Å². The minimum atomic E-state index is 0.0362. The van der Waals surface area contributed by atoms with Gasteiger partial charge in [-0.15, -0.1) is 11.3 Å². The first-order valence-corrected chi connectivity index (χ1v) is 6.63. The van der Waals surface area contributed by atoms with Crippen molar-refractivity contribution in [1.29, 1.82) is 0 Å². The van der Waals surface area contributed by atoms with Crippen molar-refractivity contribution in [2.45, 2.75) is 33.2 Å². The molecule has 0 aliphatic rings. The van der Waals surface area contributed by atoms with Gasteiger partial charge in [-0.25, -0.2) is 4.79 Å². The molecule has 90 valence electrons. The molecule has 0 aliphatic carbocycles. The Balaban J connectivity index is 2.39. The van der Waals surface area contributed by atoms with Crippen LogP contribution in [0.1, 0.15) is 25.6 Å². The predicted octanol–water partition coefficient (Wildman–Crippen LogP) is 2.73. The van der Waals surface area contributed by atoms with Crippen LogP contribution in [-0.4, -0.2) is 30.1 Å². The van der Waals surface area contributed by atoms with Gasteiger partial charge in [-0.2, -0.15) is 0 Å². The van der Waals surface area contributed by atoms with Crippen molar-refractivity contribution >= 4 is 17.4 Å². The van der Waals surface area contributed by atoms with Crippen LogP contribution in [-0.2, 0) is 6.42 Å². The molecule has 0 spiro atoms. The number of hydrogen-bond donors (Lipinski definition) is 1. The van der Waals surface area contributed by atoms with Gasteiger partial charge in [0.05, 0.1) is 0 Å². The number of hydrogen-bond acceptors (Lipinski definition) is 2. The van der Waals surface area contributed by atoms with Crippen LogP contribution < -0.4 is 5.32 Å². The fourth-order valence-electron chi connectivity index (χ4n) is 1.59. The maximum atomic E-state index is 11.8. The van der Waals surface area contributed by atoms with Gasteiger partial charge >= 0.3 is 6.03 Å². The first-order valence-electron chi connectivity index (χ1n) is 5.75. The van der Waals surface area contributed by atoms with Crippen LogP contribution in [0, 0.1) is 0 Å². The van der Waals surface area contributed by atoms with Crippen molar-refractivity contribution in [2.24, 2.45) is 0 Å².